The van der Waals surface area contributed by atoms with Crippen LogP contribution in [0, 0.1) is 13.8 Å². The van der Waals surface area contributed by atoms with Gasteiger partial charge in [0.25, 0.3) is 0 Å². The van der Waals surface area contributed by atoms with Crippen molar-refractivity contribution in [3.63, 3.8) is 0 Å². The highest BCUT2D eigenvalue weighted by molar-refractivity contribution is 5.89. The largest absolute Gasteiger partial charge is 0.478 e. The zero-order chi connectivity index (χ0) is 13.3. The van der Waals surface area contributed by atoms with Crippen molar-refractivity contribution in [2.45, 2.75) is 27.3 Å². The lowest BCUT2D eigenvalue weighted by Crippen LogP contribution is -1.97. The van der Waals surface area contributed by atoms with Gasteiger partial charge < -0.3 is 5.11 Å². The molecule has 0 atom stereocenters. The fourth-order valence-electron chi connectivity index (χ4n) is 2.03. The molecule has 1 N–H and O–H groups in total. The Morgan fingerprint density at radius 1 is 1.33 bits per heavy atom. The molecule has 1 aromatic carbocycles. The van der Waals surface area contributed by atoms with E-state index in [1.807, 2.05) is 37.7 Å². The van der Waals surface area contributed by atoms with E-state index in [0.29, 0.717) is 5.56 Å². The van der Waals surface area contributed by atoms with E-state index in [-0.39, 0.29) is 0 Å². The maximum absolute atomic E-state index is 11.1. The molecule has 0 amide bonds. The van der Waals surface area contributed by atoms with E-state index in [4.69, 9.17) is 5.11 Å². The standard InChI is InChI=1S/C14H16N2O2/c1-4-16-8-13(10(3)15-16)11-5-9(2)6-12(7-11)14(17)18/h5-8H,4H2,1-3H3,(H,17,18). The van der Waals surface area contributed by atoms with E-state index in [1.165, 1.54) is 0 Å². The van der Waals surface area contributed by atoms with Gasteiger partial charge in [0.2, 0.25) is 0 Å². The summed E-state index contributed by atoms with van der Waals surface area (Å²) in [6, 6.07) is 5.35. The Morgan fingerprint density at radius 2 is 2.06 bits per heavy atom. The van der Waals surface area contributed by atoms with Crippen LogP contribution in [0.25, 0.3) is 11.1 Å². The van der Waals surface area contributed by atoms with Crippen LogP contribution < -0.4 is 0 Å². The van der Waals surface area contributed by atoms with Gasteiger partial charge in [-0.2, -0.15) is 5.10 Å². The van der Waals surface area contributed by atoms with Crippen molar-refractivity contribution >= 4 is 5.97 Å². The molecule has 2 aromatic rings. The topological polar surface area (TPSA) is 55.1 Å². The number of rotatable bonds is 3. The average Bonchev–Trinajstić information content (AvgIpc) is 2.69. The minimum atomic E-state index is -0.902. The SMILES string of the molecule is CCn1cc(-c2cc(C)cc(C(=O)O)c2)c(C)n1. The summed E-state index contributed by atoms with van der Waals surface area (Å²) in [6.45, 7) is 6.66. The Bertz CT molecular complexity index is 600. The molecule has 4 heteroatoms. The van der Waals surface area contributed by atoms with Gasteiger partial charge in [0.15, 0.2) is 0 Å². The smallest absolute Gasteiger partial charge is 0.335 e. The molecule has 0 aliphatic rings. The lowest BCUT2D eigenvalue weighted by atomic mass is 10.0. The second-order valence-electron chi connectivity index (χ2n) is 4.38. The third kappa shape index (κ3) is 2.27. The van der Waals surface area contributed by atoms with Crippen LogP contribution in [0.4, 0.5) is 0 Å². The number of hydrogen-bond acceptors (Lipinski definition) is 2. The molecule has 0 saturated heterocycles. The van der Waals surface area contributed by atoms with E-state index < -0.39 is 5.97 Å². The van der Waals surface area contributed by atoms with E-state index >= 15 is 0 Å². The Balaban J connectivity index is 2.56. The van der Waals surface area contributed by atoms with Gasteiger partial charge in [0.1, 0.15) is 0 Å². The molecule has 4 nitrogen and oxygen atoms in total. The van der Waals surface area contributed by atoms with Crippen molar-refractivity contribution < 1.29 is 9.90 Å². The van der Waals surface area contributed by atoms with Crippen LogP contribution in [0.2, 0.25) is 0 Å². The number of benzene rings is 1. The zero-order valence-electron chi connectivity index (χ0n) is 10.8. The number of aromatic carboxylic acids is 1. The molecule has 0 fully saturated rings. The molecule has 18 heavy (non-hydrogen) atoms. The fraction of sp³-hybridized carbons (Fsp3) is 0.286. The van der Waals surface area contributed by atoms with Gasteiger partial charge in [0, 0.05) is 18.3 Å². The van der Waals surface area contributed by atoms with Crippen LogP contribution in [-0.4, -0.2) is 20.9 Å². The average molecular weight is 244 g/mol. The molecule has 0 saturated carbocycles. The number of carbonyl (C=O) groups is 1. The first kappa shape index (κ1) is 12.4. The van der Waals surface area contributed by atoms with Gasteiger partial charge >= 0.3 is 5.97 Å². The van der Waals surface area contributed by atoms with Crippen molar-refractivity contribution in [3.05, 3.63) is 41.2 Å². The number of nitrogens with zero attached hydrogens (tertiary/aromatic N) is 2. The Hall–Kier alpha value is -2.10. The van der Waals surface area contributed by atoms with Gasteiger partial charge in [-0.05, 0) is 44.0 Å². The minimum absolute atomic E-state index is 0.314. The van der Waals surface area contributed by atoms with E-state index in [0.717, 1.165) is 28.9 Å². The Morgan fingerprint density at radius 3 is 2.61 bits per heavy atom. The normalized spacial score (nSPS) is 10.6. The lowest BCUT2D eigenvalue weighted by Gasteiger charge is -2.04. The minimum Gasteiger partial charge on any atom is -0.478 e. The molecule has 0 bridgehead atoms. The van der Waals surface area contributed by atoms with E-state index in [2.05, 4.69) is 5.10 Å². The van der Waals surface area contributed by atoms with Crippen LogP contribution in [0.1, 0.15) is 28.5 Å². The predicted molar refractivity (Wildman–Crippen MR) is 69.8 cm³/mol. The van der Waals surface area contributed by atoms with Crippen molar-refractivity contribution in [1.82, 2.24) is 9.78 Å². The van der Waals surface area contributed by atoms with Gasteiger partial charge in [-0.1, -0.05) is 6.07 Å². The quantitative estimate of drug-likeness (QED) is 0.903. The summed E-state index contributed by atoms with van der Waals surface area (Å²) < 4.78 is 1.85. The molecule has 0 radical (unpaired) electrons. The number of carboxylic acid groups (broad SMARTS) is 1. The van der Waals surface area contributed by atoms with Crippen molar-refractivity contribution in [1.29, 1.82) is 0 Å². The summed E-state index contributed by atoms with van der Waals surface area (Å²) in [5.74, 6) is -0.902. The third-order valence-electron chi connectivity index (χ3n) is 2.91. The number of aryl methyl sites for hydroxylation is 3. The first-order valence-electron chi connectivity index (χ1n) is 5.90. The molecule has 0 spiro atoms. The Kier molecular flexibility index (Phi) is 3.19. The third-order valence-corrected chi connectivity index (χ3v) is 2.91. The fourth-order valence-corrected chi connectivity index (χ4v) is 2.03. The predicted octanol–water partition coefficient (Wildman–Crippen LogP) is 2.89. The highest BCUT2D eigenvalue weighted by atomic mass is 16.4. The molecule has 0 aliphatic heterocycles. The summed E-state index contributed by atoms with van der Waals surface area (Å²) in [5, 5.41) is 13.5. The maximum Gasteiger partial charge on any atom is 0.335 e. The molecular weight excluding hydrogens is 228 g/mol. The first-order chi connectivity index (χ1) is 8.51. The number of carboxylic acids is 1. The van der Waals surface area contributed by atoms with Crippen LogP contribution in [0.15, 0.2) is 24.4 Å². The molecule has 1 aromatic heterocycles. The molecule has 1 heterocycles. The second-order valence-corrected chi connectivity index (χ2v) is 4.38. The highest BCUT2D eigenvalue weighted by Gasteiger charge is 2.11. The summed E-state index contributed by atoms with van der Waals surface area (Å²) in [6.07, 6.45) is 1.95. The summed E-state index contributed by atoms with van der Waals surface area (Å²) in [7, 11) is 0. The van der Waals surface area contributed by atoms with Gasteiger partial charge in [-0.3, -0.25) is 4.68 Å². The highest BCUT2D eigenvalue weighted by Crippen LogP contribution is 2.25. The number of hydrogen-bond donors (Lipinski definition) is 1. The van der Waals surface area contributed by atoms with Crippen molar-refractivity contribution in [3.8, 4) is 11.1 Å². The van der Waals surface area contributed by atoms with Crippen molar-refractivity contribution in [2.24, 2.45) is 0 Å². The number of aromatic nitrogens is 2. The van der Waals surface area contributed by atoms with Gasteiger partial charge in [-0.25, -0.2) is 4.79 Å². The van der Waals surface area contributed by atoms with Crippen LogP contribution in [0.5, 0.6) is 0 Å². The zero-order valence-corrected chi connectivity index (χ0v) is 10.8. The molecule has 0 aliphatic carbocycles. The summed E-state index contributed by atoms with van der Waals surface area (Å²) in [5.41, 5.74) is 4.06. The monoisotopic (exact) mass is 244 g/mol. The van der Waals surface area contributed by atoms with Gasteiger partial charge in [-0.15, -0.1) is 0 Å². The van der Waals surface area contributed by atoms with Crippen LogP contribution in [-0.2, 0) is 6.54 Å². The molecular formula is C14H16N2O2. The molecule has 2 rings (SSSR count). The summed E-state index contributed by atoms with van der Waals surface area (Å²) in [4.78, 5) is 11.1. The van der Waals surface area contributed by atoms with E-state index in [9.17, 15) is 4.79 Å². The van der Waals surface area contributed by atoms with Crippen molar-refractivity contribution in [2.75, 3.05) is 0 Å². The second kappa shape index (κ2) is 4.64. The lowest BCUT2D eigenvalue weighted by molar-refractivity contribution is 0.0697. The van der Waals surface area contributed by atoms with Crippen LogP contribution >= 0.6 is 0 Å². The van der Waals surface area contributed by atoms with Crippen LogP contribution in [0.3, 0.4) is 0 Å². The summed E-state index contributed by atoms with van der Waals surface area (Å²) >= 11 is 0. The molecule has 94 valence electrons. The Labute approximate surface area is 106 Å². The maximum atomic E-state index is 11.1. The molecule has 0 unspecified atom stereocenters. The van der Waals surface area contributed by atoms with Gasteiger partial charge in [0.05, 0.1) is 11.3 Å². The first-order valence-corrected chi connectivity index (χ1v) is 5.90. The van der Waals surface area contributed by atoms with E-state index in [1.54, 1.807) is 12.1 Å².